The first-order chi connectivity index (χ1) is 12.2. The van der Waals surface area contributed by atoms with Gasteiger partial charge in [0.25, 0.3) is 0 Å². The molecule has 3 heterocycles. The highest BCUT2D eigenvalue weighted by atomic mass is 32.1. The molecule has 2 aliphatic heterocycles. The van der Waals surface area contributed by atoms with Gasteiger partial charge in [0.15, 0.2) is 0 Å². The van der Waals surface area contributed by atoms with Crippen LogP contribution in [0.1, 0.15) is 33.7 Å². The van der Waals surface area contributed by atoms with Crippen LogP contribution in [0.2, 0.25) is 0 Å². The molecule has 0 N–H and O–H groups in total. The van der Waals surface area contributed by atoms with Gasteiger partial charge in [-0.25, -0.2) is 0 Å². The van der Waals surface area contributed by atoms with E-state index in [1.807, 2.05) is 23.5 Å². The first-order valence-corrected chi connectivity index (χ1v) is 10.0. The number of nitrogens with zero attached hydrogens (tertiary/aromatic N) is 3. The Morgan fingerprint density at radius 1 is 1.08 bits per heavy atom. The van der Waals surface area contributed by atoms with Crippen molar-refractivity contribution in [2.24, 2.45) is 5.92 Å². The van der Waals surface area contributed by atoms with Crippen molar-refractivity contribution in [1.29, 1.82) is 5.26 Å². The van der Waals surface area contributed by atoms with Crippen LogP contribution in [0, 0.1) is 24.2 Å². The summed E-state index contributed by atoms with van der Waals surface area (Å²) in [6.45, 7) is 7.95. The summed E-state index contributed by atoms with van der Waals surface area (Å²) in [5.74, 6) is 0.861. The zero-order valence-corrected chi connectivity index (χ0v) is 15.6. The van der Waals surface area contributed by atoms with Crippen molar-refractivity contribution in [3.63, 3.8) is 0 Å². The van der Waals surface area contributed by atoms with E-state index < -0.39 is 0 Å². The van der Waals surface area contributed by atoms with E-state index in [1.165, 1.54) is 47.8 Å². The van der Waals surface area contributed by atoms with Gasteiger partial charge in [-0.3, -0.25) is 9.80 Å². The smallest absolute Gasteiger partial charge is 0.0991 e. The number of piperidine rings is 1. The third kappa shape index (κ3) is 3.79. The topological polar surface area (TPSA) is 30.3 Å². The van der Waals surface area contributed by atoms with Crippen LogP contribution in [-0.2, 0) is 13.1 Å². The molecule has 0 aliphatic carbocycles. The summed E-state index contributed by atoms with van der Waals surface area (Å²) in [7, 11) is 0. The number of thiophene rings is 1. The number of aryl methyl sites for hydroxylation is 1. The molecular formula is C21H25N3S. The van der Waals surface area contributed by atoms with E-state index in [4.69, 9.17) is 5.26 Å². The van der Waals surface area contributed by atoms with Gasteiger partial charge < -0.3 is 0 Å². The summed E-state index contributed by atoms with van der Waals surface area (Å²) in [6, 6.07) is 15.5. The maximum Gasteiger partial charge on any atom is 0.0991 e. The minimum atomic E-state index is 0.686. The van der Waals surface area contributed by atoms with E-state index in [-0.39, 0.29) is 0 Å². The lowest BCUT2D eigenvalue weighted by Crippen LogP contribution is -2.47. The van der Waals surface area contributed by atoms with Crippen molar-refractivity contribution in [2.75, 3.05) is 19.6 Å². The van der Waals surface area contributed by atoms with Gasteiger partial charge in [-0.1, -0.05) is 12.1 Å². The van der Waals surface area contributed by atoms with Crippen molar-refractivity contribution in [3.05, 3.63) is 57.3 Å². The van der Waals surface area contributed by atoms with Gasteiger partial charge in [-0.2, -0.15) is 5.26 Å². The molecule has 0 amide bonds. The van der Waals surface area contributed by atoms with Gasteiger partial charge in [0.1, 0.15) is 0 Å². The maximum atomic E-state index is 8.95. The Balaban J connectivity index is 1.40. The molecule has 2 saturated heterocycles. The fraction of sp³-hybridized carbons (Fsp3) is 0.476. The van der Waals surface area contributed by atoms with E-state index in [0.29, 0.717) is 6.04 Å². The fourth-order valence-electron chi connectivity index (χ4n) is 4.34. The molecule has 2 unspecified atom stereocenters. The molecule has 2 fully saturated rings. The van der Waals surface area contributed by atoms with Crippen LogP contribution in [-0.4, -0.2) is 35.5 Å². The second kappa shape index (κ2) is 7.29. The Hall–Kier alpha value is -1.67. The summed E-state index contributed by atoms with van der Waals surface area (Å²) in [5.41, 5.74) is 2.07. The van der Waals surface area contributed by atoms with Gasteiger partial charge in [-0.05, 0) is 68.6 Å². The standard InChI is InChI=1S/C21H25N3S/c1-16-2-7-20(25-16)14-23-10-8-19-9-11-24(21(19)15-23)13-18-5-3-17(12-22)4-6-18/h2-7,19,21H,8-11,13-15H2,1H3. The first-order valence-electron chi connectivity index (χ1n) is 9.22. The largest absolute Gasteiger partial charge is 0.297 e. The van der Waals surface area contributed by atoms with Crippen LogP contribution in [0.5, 0.6) is 0 Å². The molecule has 3 nitrogen and oxygen atoms in total. The molecular weight excluding hydrogens is 326 g/mol. The fourth-order valence-corrected chi connectivity index (χ4v) is 5.28. The average molecular weight is 352 g/mol. The van der Waals surface area contributed by atoms with Crippen molar-refractivity contribution >= 4 is 11.3 Å². The minimum Gasteiger partial charge on any atom is -0.297 e. The van der Waals surface area contributed by atoms with Gasteiger partial charge >= 0.3 is 0 Å². The lowest BCUT2D eigenvalue weighted by molar-refractivity contribution is 0.0967. The normalized spacial score (nSPS) is 24.2. The molecule has 2 aliphatic rings. The van der Waals surface area contributed by atoms with E-state index in [0.717, 1.165) is 24.6 Å². The number of rotatable bonds is 4. The Morgan fingerprint density at radius 2 is 1.88 bits per heavy atom. The molecule has 0 bridgehead atoms. The second-order valence-corrected chi connectivity index (χ2v) is 8.80. The zero-order valence-electron chi connectivity index (χ0n) is 14.8. The lowest BCUT2D eigenvalue weighted by atomic mass is 9.92. The second-order valence-electron chi connectivity index (χ2n) is 7.43. The van der Waals surface area contributed by atoms with Crippen molar-refractivity contribution in [1.82, 2.24) is 9.80 Å². The number of benzene rings is 1. The van der Waals surface area contributed by atoms with Crippen LogP contribution >= 0.6 is 11.3 Å². The molecule has 4 rings (SSSR count). The van der Waals surface area contributed by atoms with Crippen molar-refractivity contribution in [3.8, 4) is 6.07 Å². The van der Waals surface area contributed by atoms with Crippen LogP contribution in [0.3, 0.4) is 0 Å². The molecule has 0 saturated carbocycles. The quantitative estimate of drug-likeness (QED) is 0.833. The van der Waals surface area contributed by atoms with Gasteiger partial charge in [-0.15, -0.1) is 11.3 Å². The van der Waals surface area contributed by atoms with Crippen molar-refractivity contribution in [2.45, 2.75) is 38.9 Å². The Kier molecular flexibility index (Phi) is 4.89. The molecule has 1 aromatic carbocycles. The number of hydrogen-bond donors (Lipinski definition) is 0. The highest BCUT2D eigenvalue weighted by Crippen LogP contribution is 2.33. The Bertz CT molecular complexity index is 758. The zero-order chi connectivity index (χ0) is 17.2. The average Bonchev–Trinajstić information content (AvgIpc) is 3.22. The molecule has 2 aromatic rings. The van der Waals surface area contributed by atoms with E-state index in [2.05, 4.69) is 47.1 Å². The number of likely N-dealkylation sites (tertiary alicyclic amines) is 2. The predicted octanol–water partition coefficient (Wildman–Crippen LogP) is 4.02. The Labute approximate surface area is 154 Å². The number of fused-ring (bicyclic) bond motifs is 1. The molecule has 0 radical (unpaired) electrons. The molecule has 1 aromatic heterocycles. The third-order valence-electron chi connectivity index (χ3n) is 5.71. The van der Waals surface area contributed by atoms with E-state index in [1.54, 1.807) is 0 Å². The van der Waals surface area contributed by atoms with Gasteiger partial charge in [0, 0.05) is 35.4 Å². The van der Waals surface area contributed by atoms with Gasteiger partial charge in [0.2, 0.25) is 0 Å². The Morgan fingerprint density at radius 3 is 2.60 bits per heavy atom. The summed E-state index contributed by atoms with van der Waals surface area (Å²) < 4.78 is 0. The summed E-state index contributed by atoms with van der Waals surface area (Å²) in [4.78, 5) is 8.21. The number of nitriles is 1. The summed E-state index contributed by atoms with van der Waals surface area (Å²) in [5, 5.41) is 8.95. The van der Waals surface area contributed by atoms with Crippen LogP contribution in [0.4, 0.5) is 0 Å². The van der Waals surface area contributed by atoms with Crippen LogP contribution in [0.25, 0.3) is 0 Å². The summed E-state index contributed by atoms with van der Waals surface area (Å²) in [6.07, 6.45) is 2.67. The van der Waals surface area contributed by atoms with E-state index >= 15 is 0 Å². The molecule has 130 valence electrons. The van der Waals surface area contributed by atoms with Gasteiger partial charge in [0.05, 0.1) is 11.6 Å². The van der Waals surface area contributed by atoms with Crippen LogP contribution in [0.15, 0.2) is 36.4 Å². The SMILES string of the molecule is Cc1ccc(CN2CCC3CCN(Cc4ccc(C#N)cc4)C3C2)s1. The molecule has 4 heteroatoms. The molecule has 0 spiro atoms. The van der Waals surface area contributed by atoms with Crippen molar-refractivity contribution < 1.29 is 0 Å². The first kappa shape index (κ1) is 16.8. The number of hydrogen-bond acceptors (Lipinski definition) is 4. The summed E-state index contributed by atoms with van der Waals surface area (Å²) >= 11 is 1.93. The highest BCUT2D eigenvalue weighted by molar-refractivity contribution is 7.11. The molecule has 2 atom stereocenters. The highest BCUT2D eigenvalue weighted by Gasteiger charge is 2.38. The monoisotopic (exact) mass is 351 g/mol. The van der Waals surface area contributed by atoms with Crippen LogP contribution < -0.4 is 0 Å². The lowest BCUT2D eigenvalue weighted by Gasteiger charge is -2.38. The maximum absolute atomic E-state index is 8.95. The van der Waals surface area contributed by atoms with E-state index in [9.17, 15) is 0 Å². The minimum absolute atomic E-state index is 0.686. The molecule has 25 heavy (non-hydrogen) atoms. The third-order valence-corrected chi connectivity index (χ3v) is 6.69. The predicted molar refractivity (Wildman–Crippen MR) is 102 cm³/mol.